The molecular formula is C21H27N3O4. The Balaban J connectivity index is 1.67. The lowest BCUT2D eigenvalue weighted by Crippen LogP contribution is -2.51. The van der Waals surface area contributed by atoms with Gasteiger partial charge < -0.3 is 14.4 Å². The molecule has 0 N–H and O–H groups in total. The number of hydrogen-bond acceptors (Lipinski definition) is 5. The Morgan fingerprint density at radius 1 is 1.21 bits per heavy atom. The SMILES string of the molecule is CCOC(=O)[C@]1(CCOc2ccccc2)CCCN(C(=O)Cn2cccn2)C1. The Bertz CT molecular complexity index is 763. The standard InChI is InChI=1S/C21H27N3O4/c1-2-27-20(26)21(11-15-28-18-8-4-3-5-9-18)10-6-13-23(17-21)19(25)16-24-14-7-12-22-24/h3-5,7-9,12,14H,2,6,10-11,13,15-17H2,1H3/t21-/m0/s1. The van der Waals surface area contributed by atoms with Crippen LogP contribution in [0.2, 0.25) is 0 Å². The second kappa shape index (κ2) is 9.39. The molecule has 7 nitrogen and oxygen atoms in total. The third kappa shape index (κ3) is 4.91. The quantitative estimate of drug-likeness (QED) is 0.653. The molecule has 0 saturated carbocycles. The van der Waals surface area contributed by atoms with Crippen molar-refractivity contribution in [3.63, 3.8) is 0 Å². The molecule has 0 spiro atoms. The van der Waals surface area contributed by atoms with Crippen LogP contribution in [0.3, 0.4) is 0 Å². The van der Waals surface area contributed by atoms with Crippen molar-refractivity contribution < 1.29 is 19.1 Å². The first-order valence-electron chi connectivity index (χ1n) is 9.73. The van der Waals surface area contributed by atoms with E-state index in [1.54, 1.807) is 35.0 Å². The van der Waals surface area contributed by atoms with Crippen molar-refractivity contribution in [2.75, 3.05) is 26.3 Å². The van der Waals surface area contributed by atoms with Gasteiger partial charge in [0, 0.05) is 25.5 Å². The van der Waals surface area contributed by atoms with Gasteiger partial charge in [-0.1, -0.05) is 18.2 Å². The minimum Gasteiger partial charge on any atom is -0.494 e. The van der Waals surface area contributed by atoms with E-state index in [1.165, 1.54) is 0 Å². The molecule has 0 radical (unpaired) electrons. The number of benzene rings is 1. The lowest BCUT2D eigenvalue weighted by atomic mass is 9.77. The molecule has 1 aliphatic heterocycles. The maximum atomic E-state index is 12.8. The van der Waals surface area contributed by atoms with Crippen LogP contribution in [-0.4, -0.2) is 52.9 Å². The molecule has 1 aromatic carbocycles. The number of esters is 1. The number of ether oxygens (including phenoxy) is 2. The van der Waals surface area contributed by atoms with E-state index in [4.69, 9.17) is 9.47 Å². The van der Waals surface area contributed by atoms with Crippen LogP contribution < -0.4 is 4.74 Å². The summed E-state index contributed by atoms with van der Waals surface area (Å²) in [5, 5.41) is 4.09. The van der Waals surface area contributed by atoms with Gasteiger partial charge in [-0.3, -0.25) is 14.3 Å². The van der Waals surface area contributed by atoms with Crippen molar-refractivity contribution in [1.82, 2.24) is 14.7 Å². The highest BCUT2D eigenvalue weighted by molar-refractivity contribution is 5.80. The fourth-order valence-electron chi connectivity index (χ4n) is 3.62. The average molecular weight is 385 g/mol. The summed E-state index contributed by atoms with van der Waals surface area (Å²) in [5.41, 5.74) is -0.733. The second-order valence-electron chi connectivity index (χ2n) is 7.03. The molecule has 1 fully saturated rings. The van der Waals surface area contributed by atoms with Crippen molar-refractivity contribution in [2.45, 2.75) is 32.7 Å². The highest BCUT2D eigenvalue weighted by atomic mass is 16.5. The maximum Gasteiger partial charge on any atom is 0.314 e. The molecular weight excluding hydrogens is 358 g/mol. The van der Waals surface area contributed by atoms with E-state index >= 15 is 0 Å². The van der Waals surface area contributed by atoms with Gasteiger partial charge in [0.15, 0.2) is 0 Å². The summed E-state index contributed by atoms with van der Waals surface area (Å²) >= 11 is 0. The van der Waals surface area contributed by atoms with Crippen LogP contribution >= 0.6 is 0 Å². The molecule has 1 saturated heterocycles. The van der Waals surface area contributed by atoms with Crippen molar-refractivity contribution in [2.24, 2.45) is 5.41 Å². The van der Waals surface area contributed by atoms with Crippen LogP contribution in [0.4, 0.5) is 0 Å². The lowest BCUT2D eigenvalue weighted by Gasteiger charge is -2.41. The Hall–Kier alpha value is -2.83. The van der Waals surface area contributed by atoms with E-state index in [2.05, 4.69) is 5.10 Å². The summed E-state index contributed by atoms with van der Waals surface area (Å²) in [6.07, 6.45) is 5.36. The van der Waals surface area contributed by atoms with E-state index in [0.717, 1.165) is 12.2 Å². The predicted molar refractivity (Wildman–Crippen MR) is 104 cm³/mol. The zero-order valence-electron chi connectivity index (χ0n) is 16.3. The number of aromatic nitrogens is 2. The molecule has 0 unspecified atom stereocenters. The lowest BCUT2D eigenvalue weighted by molar-refractivity contribution is -0.162. The summed E-state index contributed by atoms with van der Waals surface area (Å²) in [6.45, 7) is 3.68. The first kappa shape index (κ1) is 19.9. The maximum absolute atomic E-state index is 12.8. The van der Waals surface area contributed by atoms with Gasteiger partial charge >= 0.3 is 5.97 Å². The molecule has 7 heteroatoms. The summed E-state index contributed by atoms with van der Waals surface area (Å²) in [5.74, 6) is 0.480. The minimum atomic E-state index is -0.733. The first-order chi connectivity index (χ1) is 13.6. The first-order valence-corrected chi connectivity index (χ1v) is 9.73. The number of carbonyl (C=O) groups excluding carboxylic acids is 2. The van der Waals surface area contributed by atoms with Crippen molar-refractivity contribution in [3.8, 4) is 5.75 Å². The minimum absolute atomic E-state index is 0.0407. The van der Waals surface area contributed by atoms with E-state index in [-0.39, 0.29) is 18.4 Å². The van der Waals surface area contributed by atoms with Gasteiger partial charge in [-0.25, -0.2) is 0 Å². The highest BCUT2D eigenvalue weighted by Gasteiger charge is 2.44. The molecule has 3 rings (SSSR count). The van der Waals surface area contributed by atoms with Gasteiger partial charge in [-0.2, -0.15) is 5.10 Å². The topological polar surface area (TPSA) is 73.7 Å². The molecule has 0 aliphatic carbocycles. The van der Waals surface area contributed by atoms with Crippen LogP contribution in [0, 0.1) is 5.41 Å². The number of piperidine rings is 1. The van der Waals surface area contributed by atoms with E-state index < -0.39 is 5.41 Å². The van der Waals surface area contributed by atoms with E-state index in [0.29, 0.717) is 39.1 Å². The van der Waals surface area contributed by atoms with Gasteiger partial charge in [0.2, 0.25) is 5.91 Å². The molecule has 150 valence electrons. The van der Waals surface area contributed by atoms with Crippen LogP contribution in [-0.2, 0) is 20.9 Å². The number of hydrogen-bond donors (Lipinski definition) is 0. The number of nitrogens with zero attached hydrogens (tertiary/aromatic N) is 3. The van der Waals surface area contributed by atoms with E-state index in [9.17, 15) is 9.59 Å². The zero-order chi connectivity index (χ0) is 19.8. The van der Waals surface area contributed by atoms with Gasteiger partial charge in [-0.15, -0.1) is 0 Å². The second-order valence-corrected chi connectivity index (χ2v) is 7.03. The monoisotopic (exact) mass is 385 g/mol. The zero-order valence-corrected chi connectivity index (χ0v) is 16.3. The summed E-state index contributed by atoms with van der Waals surface area (Å²) in [6, 6.07) is 11.3. The van der Waals surface area contributed by atoms with Crippen molar-refractivity contribution in [1.29, 1.82) is 0 Å². The van der Waals surface area contributed by atoms with Crippen LogP contribution in [0.5, 0.6) is 5.75 Å². The number of para-hydroxylation sites is 1. The summed E-state index contributed by atoms with van der Waals surface area (Å²) in [7, 11) is 0. The van der Waals surface area contributed by atoms with Crippen LogP contribution in [0.1, 0.15) is 26.2 Å². The molecule has 1 amide bonds. The van der Waals surface area contributed by atoms with Gasteiger partial charge in [0.25, 0.3) is 0 Å². The molecule has 1 atom stereocenters. The fourth-order valence-corrected chi connectivity index (χ4v) is 3.62. The molecule has 1 aromatic heterocycles. The van der Waals surface area contributed by atoms with Crippen molar-refractivity contribution >= 4 is 11.9 Å². The van der Waals surface area contributed by atoms with Gasteiger partial charge in [-0.05, 0) is 44.4 Å². The summed E-state index contributed by atoms with van der Waals surface area (Å²) < 4.78 is 12.8. The third-order valence-electron chi connectivity index (χ3n) is 5.09. The largest absolute Gasteiger partial charge is 0.494 e. The van der Waals surface area contributed by atoms with Gasteiger partial charge in [0.1, 0.15) is 12.3 Å². The molecule has 0 bridgehead atoms. The Kier molecular flexibility index (Phi) is 6.68. The molecule has 1 aliphatic rings. The van der Waals surface area contributed by atoms with Gasteiger partial charge in [0.05, 0.1) is 18.6 Å². The van der Waals surface area contributed by atoms with Crippen LogP contribution in [0.15, 0.2) is 48.8 Å². The normalized spacial score (nSPS) is 19.2. The fraction of sp³-hybridized carbons (Fsp3) is 0.476. The Labute approximate surface area is 165 Å². The Morgan fingerprint density at radius 2 is 2.04 bits per heavy atom. The molecule has 2 aromatic rings. The number of carbonyl (C=O) groups is 2. The third-order valence-corrected chi connectivity index (χ3v) is 5.09. The van der Waals surface area contributed by atoms with E-state index in [1.807, 2.05) is 30.3 Å². The molecule has 28 heavy (non-hydrogen) atoms. The average Bonchev–Trinajstić information content (AvgIpc) is 3.22. The Morgan fingerprint density at radius 3 is 2.75 bits per heavy atom. The number of amides is 1. The highest BCUT2D eigenvalue weighted by Crippen LogP contribution is 2.35. The molecule has 2 heterocycles. The van der Waals surface area contributed by atoms with Crippen LogP contribution in [0.25, 0.3) is 0 Å². The number of rotatable bonds is 8. The smallest absolute Gasteiger partial charge is 0.314 e. The van der Waals surface area contributed by atoms with Crippen molar-refractivity contribution in [3.05, 3.63) is 48.8 Å². The predicted octanol–water partition coefficient (Wildman–Crippen LogP) is 2.52. The number of likely N-dealkylation sites (tertiary alicyclic amines) is 1. The summed E-state index contributed by atoms with van der Waals surface area (Å²) in [4.78, 5) is 27.3.